The molecular weight excluding hydrogens is 270 g/mol. The summed E-state index contributed by atoms with van der Waals surface area (Å²) in [5.74, 6) is 0.552. The van der Waals surface area contributed by atoms with E-state index in [1.54, 1.807) is 17.9 Å². The number of rotatable bonds is 6. The van der Waals surface area contributed by atoms with Gasteiger partial charge in [0.1, 0.15) is 5.76 Å². The number of aromatic nitrogens is 1. The van der Waals surface area contributed by atoms with E-state index in [0.29, 0.717) is 24.5 Å². The second-order valence-electron chi connectivity index (χ2n) is 5.56. The summed E-state index contributed by atoms with van der Waals surface area (Å²) in [6, 6.07) is 1.62. The highest BCUT2D eigenvalue weighted by atomic mass is 16.5. The van der Waals surface area contributed by atoms with E-state index in [0.717, 1.165) is 25.9 Å². The lowest BCUT2D eigenvalue weighted by Crippen LogP contribution is -2.56. The molecule has 2 heterocycles. The number of hydrogen-bond donors (Lipinski definition) is 0. The van der Waals surface area contributed by atoms with Crippen molar-refractivity contribution in [1.82, 2.24) is 15.0 Å². The number of carbonyl (C=O) groups excluding carboxylic acids is 2. The monoisotopic (exact) mass is 293 g/mol. The second-order valence-corrected chi connectivity index (χ2v) is 5.56. The van der Waals surface area contributed by atoms with Gasteiger partial charge in [-0.1, -0.05) is 19.0 Å². The van der Waals surface area contributed by atoms with Gasteiger partial charge in [-0.15, -0.1) is 0 Å². The molecular formula is C15H23N3O3. The van der Waals surface area contributed by atoms with Gasteiger partial charge in [-0.25, -0.2) is 0 Å². The van der Waals surface area contributed by atoms with Crippen molar-refractivity contribution in [3.05, 3.63) is 17.5 Å². The zero-order valence-electron chi connectivity index (χ0n) is 13.0. The Morgan fingerprint density at radius 2 is 1.95 bits per heavy atom. The van der Waals surface area contributed by atoms with E-state index in [4.69, 9.17) is 4.52 Å². The largest absolute Gasteiger partial charge is 0.361 e. The zero-order valence-corrected chi connectivity index (χ0v) is 13.0. The van der Waals surface area contributed by atoms with Crippen molar-refractivity contribution in [1.29, 1.82) is 0 Å². The highest BCUT2D eigenvalue weighted by Gasteiger charge is 2.38. The zero-order chi connectivity index (χ0) is 15.4. The summed E-state index contributed by atoms with van der Waals surface area (Å²) in [6.45, 7) is 8.43. The van der Waals surface area contributed by atoms with Crippen LogP contribution in [0.5, 0.6) is 0 Å². The van der Waals surface area contributed by atoms with Gasteiger partial charge in [0.15, 0.2) is 5.69 Å². The molecule has 0 atom stereocenters. The summed E-state index contributed by atoms with van der Waals surface area (Å²) < 4.78 is 4.91. The SMILES string of the molecule is CCCN(CCC)C(=O)C1CN(C(=O)c2cc(C)on2)C1. The maximum absolute atomic E-state index is 12.4. The molecule has 2 rings (SSSR count). The Balaban J connectivity index is 1.87. The predicted octanol–water partition coefficient (Wildman–Crippen LogP) is 1.70. The highest BCUT2D eigenvalue weighted by molar-refractivity contribution is 5.94. The molecule has 6 nitrogen and oxygen atoms in total. The quantitative estimate of drug-likeness (QED) is 0.800. The highest BCUT2D eigenvalue weighted by Crippen LogP contribution is 2.21. The molecule has 0 radical (unpaired) electrons. The van der Waals surface area contributed by atoms with Gasteiger partial charge in [0.25, 0.3) is 5.91 Å². The lowest BCUT2D eigenvalue weighted by molar-refractivity contribution is -0.139. The van der Waals surface area contributed by atoms with Crippen LogP contribution in [0.2, 0.25) is 0 Å². The molecule has 0 aliphatic carbocycles. The van der Waals surface area contributed by atoms with E-state index >= 15 is 0 Å². The van der Waals surface area contributed by atoms with Crippen molar-refractivity contribution in [2.45, 2.75) is 33.6 Å². The molecule has 1 fully saturated rings. The molecule has 116 valence electrons. The number of amides is 2. The maximum atomic E-state index is 12.4. The molecule has 0 N–H and O–H groups in total. The van der Waals surface area contributed by atoms with Crippen molar-refractivity contribution in [3.63, 3.8) is 0 Å². The van der Waals surface area contributed by atoms with Gasteiger partial charge in [0, 0.05) is 32.2 Å². The number of likely N-dealkylation sites (tertiary alicyclic amines) is 1. The van der Waals surface area contributed by atoms with Crippen LogP contribution in [0, 0.1) is 12.8 Å². The summed E-state index contributed by atoms with van der Waals surface area (Å²) in [5.41, 5.74) is 0.317. The van der Waals surface area contributed by atoms with Gasteiger partial charge in [-0.2, -0.15) is 0 Å². The molecule has 0 spiro atoms. The van der Waals surface area contributed by atoms with Gasteiger partial charge < -0.3 is 14.3 Å². The third-order valence-corrected chi connectivity index (χ3v) is 3.66. The van der Waals surface area contributed by atoms with E-state index in [2.05, 4.69) is 19.0 Å². The Morgan fingerprint density at radius 1 is 1.33 bits per heavy atom. The molecule has 1 saturated heterocycles. The van der Waals surface area contributed by atoms with Crippen molar-refractivity contribution < 1.29 is 14.1 Å². The summed E-state index contributed by atoms with van der Waals surface area (Å²) in [5, 5.41) is 3.72. The Hall–Kier alpha value is -1.85. The lowest BCUT2D eigenvalue weighted by Gasteiger charge is -2.40. The Bertz CT molecular complexity index is 500. The fraction of sp³-hybridized carbons (Fsp3) is 0.667. The van der Waals surface area contributed by atoms with Crippen LogP contribution in [-0.2, 0) is 4.79 Å². The van der Waals surface area contributed by atoms with Crippen molar-refractivity contribution in [2.24, 2.45) is 5.92 Å². The van der Waals surface area contributed by atoms with Crippen LogP contribution in [0.15, 0.2) is 10.6 Å². The van der Waals surface area contributed by atoms with Gasteiger partial charge in [0.05, 0.1) is 5.92 Å². The Morgan fingerprint density at radius 3 is 2.43 bits per heavy atom. The van der Waals surface area contributed by atoms with E-state index in [9.17, 15) is 9.59 Å². The second kappa shape index (κ2) is 6.74. The normalized spacial score (nSPS) is 14.9. The van der Waals surface area contributed by atoms with Crippen molar-refractivity contribution >= 4 is 11.8 Å². The molecule has 1 aromatic rings. The predicted molar refractivity (Wildman–Crippen MR) is 77.8 cm³/mol. The van der Waals surface area contributed by atoms with Crippen LogP contribution in [0.4, 0.5) is 0 Å². The van der Waals surface area contributed by atoms with Crippen LogP contribution in [0.1, 0.15) is 42.9 Å². The Kier molecular flexibility index (Phi) is 4.98. The van der Waals surface area contributed by atoms with Gasteiger partial charge in [-0.3, -0.25) is 9.59 Å². The minimum absolute atomic E-state index is 0.0694. The molecule has 0 saturated carbocycles. The van der Waals surface area contributed by atoms with Crippen LogP contribution in [-0.4, -0.2) is 52.9 Å². The first-order valence-corrected chi connectivity index (χ1v) is 7.58. The minimum atomic E-state index is -0.159. The van der Waals surface area contributed by atoms with Crippen LogP contribution in [0.3, 0.4) is 0 Å². The fourth-order valence-electron chi connectivity index (χ4n) is 2.56. The number of nitrogens with zero attached hydrogens (tertiary/aromatic N) is 3. The Labute approximate surface area is 125 Å². The number of carbonyl (C=O) groups is 2. The molecule has 1 aromatic heterocycles. The molecule has 0 unspecified atom stereocenters. The molecule has 2 amide bonds. The smallest absolute Gasteiger partial charge is 0.276 e. The molecule has 1 aliphatic rings. The van der Waals surface area contributed by atoms with Gasteiger partial charge >= 0.3 is 0 Å². The first kappa shape index (κ1) is 15.5. The van der Waals surface area contributed by atoms with Crippen molar-refractivity contribution in [3.8, 4) is 0 Å². The third kappa shape index (κ3) is 3.43. The summed E-state index contributed by atoms with van der Waals surface area (Å²) in [4.78, 5) is 28.0. The standard InChI is InChI=1S/C15H23N3O3/c1-4-6-17(7-5-2)14(19)12-9-18(10-12)15(20)13-8-11(3)21-16-13/h8,12H,4-7,9-10H2,1-3H3. The van der Waals surface area contributed by atoms with E-state index in [-0.39, 0.29) is 17.7 Å². The van der Waals surface area contributed by atoms with Crippen LogP contribution in [0.25, 0.3) is 0 Å². The van der Waals surface area contributed by atoms with Crippen LogP contribution < -0.4 is 0 Å². The molecule has 1 aliphatic heterocycles. The summed E-state index contributed by atoms with van der Waals surface area (Å²) in [6.07, 6.45) is 1.92. The third-order valence-electron chi connectivity index (χ3n) is 3.66. The van der Waals surface area contributed by atoms with E-state index in [1.807, 2.05) is 4.90 Å². The van der Waals surface area contributed by atoms with E-state index in [1.165, 1.54) is 0 Å². The van der Waals surface area contributed by atoms with Gasteiger partial charge in [0.2, 0.25) is 5.91 Å². The molecule has 0 aromatic carbocycles. The average molecular weight is 293 g/mol. The first-order chi connectivity index (χ1) is 10.1. The first-order valence-electron chi connectivity index (χ1n) is 7.58. The summed E-state index contributed by atoms with van der Waals surface area (Å²) >= 11 is 0. The molecule has 0 bridgehead atoms. The van der Waals surface area contributed by atoms with E-state index < -0.39 is 0 Å². The minimum Gasteiger partial charge on any atom is -0.361 e. The molecule has 21 heavy (non-hydrogen) atoms. The summed E-state index contributed by atoms with van der Waals surface area (Å²) in [7, 11) is 0. The lowest BCUT2D eigenvalue weighted by atomic mass is 9.97. The molecule has 6 heteroatoms. The van der Waals surface area contributed by atoms with Gasteiger partial charge in [-0.05, 0) is 19.8 Å². The average Bonchev–Trinajstić information content (AvgIpc) is 2.83. The topological polar surface area (TPSA) is 66.7 Å². The number of hydrogen-bond acceptors (Lipinski definition) is 4. The van der Waals surface area contributed by atoms with Crippen molar-refractivity contribution in [2.75, 3.05) is 26.2 Å². The fourth-order valence-corrected chi connectivity index (χ4v) is 2.56. The maximum Gasteiger partial charge on any atom is 0.276 e. The van der Waals surface area contributed by atoms with Crippen LogP contribution >= 0.6 is 0 Å². The number of aryl methyl sites for hydroxylation is 1.